The van der Waals surface area contributed by atoms with E-state index in [1.54, 1.807) is 30.9 Å². The summed E-state index contributed by atoms with van der Waals surface area (Å²) in [5.41, 5.74) is 0.846. The summed E-state index contributed by atoms with van der Waals surface area (Å²) in [6, 6.07) is 6.41. The van der Waals surface area contributed by atoms with Crippen molar-refractivity contribution in [3.63, 3.8) is 0 Å². The number of carbonyl (C=O) groups excluding carboxylic acids is 4. The lowest BCUT2D eigenvalue weighted by atomic mass is 9.89. The van der Waals surface area contributed by atoms with Gasteiger partial charge in [-0.2, -0.15) is 0 Å². The van der Waals surface area contributed by atoms with E-state index in [0.717, 1.165) is 18.4 Å². The first-order valence-electron chi connectivity index (χ1n) is 20.2. The highest BCUT2D eigenvalue weighted by Crippen LogP contribution is 2.30. The molecule has 13 nitrogen and oxygen atoms in total. The number of amides is 4. The molecule has 55 heavy (non-hydrogen) atoms. The van der Waals surface area contributed by atoms with Crippen LogP contribution in [0.2, 0.25) is 0 Å². The molecule has 0 radical (unpaired) electrons. The number of nitrogens with zero attached hydrogens (tertiary/aromatic N) is 3. The van der Waals surface area contributed by atoms with Crippen LogP contribution in [-0.2, 0) is 35.1 Å². The van der Waals surface area contributed by atoms with Crippen molar-refractivity contribution in [2.24, 2.45) is 23.7 Å². The SMILES string of the molecule is CC[C@H](C)[C@@H]([C@@H](CC(=O)N1CCC[C@H]1[C@H](OC)[C@@H](C)C(=O)N[C@@H](Cc1ccccc1)C(O)O)OC)N(C)C(=O)[C@@H](NC(=O)[C@H](C(C)C)N(C)C(C)C)C(C)C. The summed E-state index contributed by atoms with van der Waals surface area (Å²) in [7, 11) is 6.72. The minimum atomic E-state index is -1.77. The lowest BCUT2D eigenvalue weighted by Gasteiger charge is -2.41. The largest absolute Gasteiger partial charge is 0.379 e. The van der Waals surface area contributed by atoms with E-state index in [1.165, 1.54) is 7.11 Å². The van der Waals surface area contributed by atoms with Crippen molar-refractivity contribution in [1.82, 2.24) is 25.3 Å². The van der Waals surface area contributed by atoms with Gasteiger partial charge in [-0.3, -0.25) is 24.1 Å². The van der Waals surface area contributed by atoms with Gasteiger partial charge in [0.05, 0.1) is 48.7 Å². The highest BCUT2D eigenvalue weighted by atomic mass is 16.5. The number of hydrogen-bond donors (Lipinski definition) is 4. The highest BCUT2D eigenvalue weighted by molar-refractivity contribution is 5.90. The summed E-state index contributed by atoms with van der Waals surface area (Å²) in [5.74, 6) is -1.93. The van der Waals surface area contributed by atoms with E-state index in [0.29, 0.717) is 13.0 Å². The van der Waals surface area contributed by atoms with Crippen LogP contribution in [-0.4, -0.2) is 138 Å². The zero-order valence-corrected chi connectivity index (χ0v) is 35.8. The van der Waals surface area contributed by atoms with Gasteiger partial charge in [-0.25, -0.2) is 0 Å². The van der Waals surface area contributed by atoms with Gasteiger partial charge < -0.3 is 40.1 Å². The van der Waals surface area contributed by atoms with E-state index in [1.807, 2.05) is 97.7 Å². The fourth-order valence-corrected chi connectivity index (χ4v) is 7.97. The lowest BCUT2D eigenvalue weighted by Crippen LogP contribution is -2.60. The maximum absolute atomic E-state index is 14.3. The quantitative estimate of drug-likeness (QED) is 0.129. The van der Waals surface area contributed by atoms with Crippen molar-refractivity contribution in [2.45, 2.75) is 149 Å². The third kappa shape index (κ3) is 13.0. The highest BCUT2D eigenvalue weighted by Gasteiger charge is 2.43. The van der Waals surface area contributed by atoms with Gasteiger partial charge in [0.25, 0.3) is 0 Å². The average Bonchev–Trinajstić information content (AvgIpc) is 3.62. The molecule has 9 atom stereocenters. The first kappa shape index (κ1) is 48.0. The molecule has 0 aromatic heterocycles. The summed E-state index contributed by atoms with van der Waals surface area (Å²) in [5, 5.41) is 26.0. The number of nitrogens with one attached hydrogen (secondary N) is 2. The van der Waals surface area contributed by atoms with Gasteiger partial charge in [0.1, 0.15) is 6.04 Å². The zero-order valence-electron chi connectivity index (χ0n) is 35.8. The van der Waals surface area contributed by atoms with E-state index in [-0.39, 0.29) is 54.4 Å². The molecule has 0 unspecified atom stereocenters. The molecule has 1 saturated heterocycles. The van der Waals surface area contributed by atoms with Crippen LogP contribution in [0.1, 0.15) is 93.6 Å². The number of methoxy groups -OCH3 is 2. The first-order chi connectivity index (χ1) is 25.8. The van der Waals surface area contributed by atoms with E-state index in [2.05, 4.69) is 10.6 Å². The summed E-state index contributed by atoms with van der Waals surface area (Å²) in [4.78, 5) is 61.3. The molecule has 1 heterocycles. The van der Waals surface area contributed by atoms with Crippen molar-refractivity contribution >= 4 is 23.6 Å². The Labute approximate surface area is 330 Å². The van der Waals surface area contributed by atoms with Gasteiger partial charge in [-0.1, -0.05) is 85.2 Å². The van der Waals surface area contributed by atoms with Crippen LogP contribution in [0, 0.1) is 23.7 Å². The van der Waals surface area contributed by atoms with Crippen molar-refractivity contribution in [2.75, 3.05) is 34.9 Å². The summed E-state index contributed by atoms with van der Waals surface area (Å²) < 4.78 is 11.9. The fourth-order valence-electron chi connectivity index (χ4n) is 7.97. The van der Waals surface area contributed by atoms with Gasteiger partial charge in [-0.15, -0.1) is 0 Å². The van der Waals surface area contributed by atoms with Crippen molar-refractivity contribution < 1.29 is 38.9 Å². The molecular formula is C42H73N5O8. The first-order valence-corrected chi connectivity index (χ1v) is 20.2. The molecule has 1 fully saturated rings. The molecule has 0 bridgehead atoms. The average molecular weight is 776 g/mol. The van der Waals surface area contributed by atoms with Gasteiger partial charge in [-0.05, 0) is 63.5 Å². The lowest BCUT2D eigenvalue weighted by molar-refractivity contribution is -0.148. The van der Waals surface area contributed by atoms with Crippen molar-refractivity contribution in [3.05, 3.63) is 35.9 Å². The predicted octanol–water partition coefficient (Wildman–Crippen LogP) is 3.45. The molecule has 4 N–H and O–H groups in total. The van der Waals surface area contributed by atoms with E-state index < -0.39 is 60.5 Å². The van der Waals surface area contributed by atoms with Crippen molar-refractivity contribution in [3.8, 4) is 0 Å². The van der Waals surface area contributed by atoms with Crippen LogP contribution in [0.25, 0.3) is 0 Å². The van der Waals surface area contributed by atoms with Crippen molar-refractivity contribution in [1.29, 1.82) is 0 Å². The van der Waals surface area contributed by atoms with Gasteiger partial charge >= 0.3 is 0 Å². The molecule has 1 aliphatic rings. The van der Waals surface area contributed by atoms with Crippen LogP contribution >= 0.6 is 0 Å². The second kappa shape index (κ2) is 22.6. The summed E-state index contributed by atoms with van der Waals surface area (Å²) >= 11 is 0. The molecule has 4 amide bonds. The zero-order chi connectivity index (χ0) is 41.7. The Morgan fingerprint density at radius 1 is 0.891 bits per heavy atom. The number of aliphatic hydroxyl groups excluding tert-OH is 1. The topological polar surface area (TPSA) is 161 Å². The molecule has 0 aliphatic carbocycles. The molecular weight excluding hydrogens is 702 g/mol. The number of carbonyl (C=O) groups is 4. The number of rotatable bonds is 22. The fraction of sp³-hybridized carbons (Fsp3) is 0.762. The van der Waals surface area contributed by atoms with E-state index in [9.17, 15) is 29.4 Å². The molecule has 314 valence electrons. The number of hydrogen-bond acceptors (Lipinski definition) is 9. The standard InChI is InChI=1S/C42H73N5O8/c1-14-28(8)37(46(11)41(51)35(25(2)3)44-40(50)36(26(4)5)45(10)27(6)7)33(54-12)24-34(48)47-22-18-21-32(47)38(55-13)29(9)39(49)43-31(42(52)53)23-30-19-16-15-17-20-30/h15-17,19-20,25-29,31-33,35-38,42,52-53H,14,18,21-24H2,1-13H3,(H,43,49)(H,44,50)/t28-,29+,31-,32-,33+,35-,36-,37-,38+/m0/s1. The van der Waals surface area contributed by atoms with Gasteiger partial charge in [0.2, 0.25) is 23.6 Å². The number of ether oxygens (including phenoxy) is 2. The van der Waals surface area contributed by atoms with E-state index >= 15 is 0 Å². The third-order valence-electron chi connectivity index (χ3n) is 11.6. The normalized spacial score (nSPS) is 19.3. The Morgan fingerprint density at radius 3 is 2.00 bits per heavy atom. The summed E-state index contributed by atoms with van der Waals surface area (Å²) in [6.45, 7) is 18.2. The monoisotopic (exact) mass is 776 g/mol. The number of aliphatic hydroxyl groups is 2. The second-order valence-corrected chi connectivity index (χ2v) is 16.5. The predicted molar refractivity (Wildman–Crippen MR) is 215 cm³/mol. The van der Waals surface area contributed by atoms with Crippen LogP contribution in [0.4, 0.5) is 0 Å². The Kier molecular flexibility index (Phi) is 19.7. The molecule has 1 aromatic carbocycles. The molecule has 0 spiro atoms. The maximum atomic E-state index is 14.3. The van der Waals surface area contributed by atoms with Crippen LogP contribution in [0.15, 0.2) is 30.3 Å². The summed E-state index contributed by atoms with van der Waals surface area (Å²) in [6.07, 6.45) is -0.775. The van der Waals surface area contributed by atoms with Gasteiger partial charge in [0, 0.05) is 33.9 Å². The number of likely N-dealkylation sites (tertiary alicyclic amines) is 1. The van der Waals surface area contributed by atoms with E-state index in [4.69, 9.17) is 9.47 Å². The maximum Gasteiger partial charge on any atom is 0.245 e. The molecule has 13 heteroatoms. The Morgan fingerprint density at radius 2 is 1.51 bits per heavy atom. The Bertz CT molecular complexity index is 1340. The van der Waals surface area contributed by atoms with Crippen LogP contribution in [0.5, 0.6) is 0 Å². The molecule has 1 aliphatic heterocycles. The third-order valence-corrected chi connectivity index (χ3v) is 11.6. The Hall–Kier alpha value is -3.10. The Balaban J connectivity index is 2.28. The minimum Gasteiger partial charge on any atom is -0.379 e. The second-order valence-electron chi connectivity index (χ2n) is 16.5. The minimum absolute atomic E-state index is 0.000195. The molecule has 0 saturated carbocycles. The van der Waals surface area contributed by atoms with Crippen LogP contribution in [0.3, 0.4) is 0 Å². The van der Waals surface area contributed by atoms with Gasteiger partial charge in [0.15, 0.2) is 6.29 Å². The number of likely N-dealkylation sites (N-methyl/N-ethyl adjacent to an activating group) is 2. The number of benzene rings is 1. The molecule has 1 aromatic rings. The molecule has 2 rings (SSSR count). The smallest absolute Gasteiger partial charge is 0.245 e. The van der Waals surface area contributed by atoms with Crippen LogP contribution < -0.4 is 10.6 Å².